The largest absolute Gasteiger partial charge is 0.329 e. The first-order valence-corrected chi connectivity index (χ1v) is 3.19. The second-order valence-corrected chi connectivity index (χ2v) is 2.48. The SMILES string of the molecule is [3H]NCC1CCCN1C. The molecule has 1 unspecified atom stereocenters. The lowest BCUT2D eigenvalue weighted by Gasteiger charge is -2.15. The van der Waals surface area contributed by atoms with Crippen molar-refractivity contribution < 1.29 is 1.41 Å². The molecule has 1 aliphatic rings. The van der Waals surface area contributed by atoms with Gasteiger partial charge in [0, 0.05) is 12.6 Å². The highest BCUT2D eigenvalue weighted by Gasteiger charge is 2.17. The Morgan fingerprint density at radius 3 is 3.38 bits per heavy atom. The van der Waals surface area contributed by atoms with Crippen molar-refractivity contribution in [3.63, 3.8) is 0 Å². The van der Waals surface area contributed by atoms with Crippen LogP contribution in [0.5, 0.6) is 0 Å². The van der Waals surface area contributed by atoms with E-state index in [-0.39, 0.29) is 0 Å². The maximum Gasteiger partial charge on any atom is 0.118 e. The van der Waals surface area contributed by atoms with Gasteiger partial charge >= 0.3 is 0 Å². The fourth-order valence-corrected chi connectivity index (χ4v) is 1.24. The number of likely N-dealkylation sites (tertiary alicyclic amines) is 1. The molecule has 2 nitrogen and oxygen atoms in total. The standard InChI is InChI=1S/C6H14N2/c1-8-4-2-3-6(8)5-7/h6H,2-5,7H2,1H3/i/hT. The summed E-state index contributed by atoms with van der Waals surface area (Å²) in [6.45, 7) is 2.02. The number of rotatable bonds is 2. The van der Waals surface area contributed by atoms with E-state index in [4.69, 9.17) is 1.41 Å². The van der Waals surface area contributed by atoms with Crippen molar-refractivity contribution in [3.05, 3.63) is 0 Å². The lowest BCUT2D eigenvalue weighted by atomic mass is 10.2. The van der Waals surface area contributed by atoms with Gasteiger partial charge in [0.2, 0.25) is 0 Å². The van der Waals surface area contributed by atoms with Crippen LogP contribution in [0.2, 0.25) is 1.41 Å². The molecular formula is C6H14N2. The van der Waals surface area contributed by atoms with E-state index in [2.05, 4.69) is 17.7 Å². The molecule has 1 heterocycles. The van der Waals surface area contributed by atoms with Gasteiger partial charge in [-0.15, -0.1) is 0 Å². The van der Waals surface area contributed by atoms with E-state index in [1.54, 1.807) is 0 Å². The molecule has 1 rings (SSSR count). The van der Waals surface area contributed by atoms with Gasteiger partial charge in [0.15, 0.2) is 0 Å². The van der Waals surface area contributed by atoms with Crippen molar-refractivity contribution in [1.29, 1.82) is 0 Å². The third kappa shape index (κ3) is 1.01. The summed E-state index contributed by atoms with van der Waals surface area (Å²) in [7, 11) is 2.12. The highest BCUT2D eigenvalue weighted by atomic mass is 15.2. The Hall–Kier alpha value is -0.0800. The fourth-order valence-electron chi connectivity index (χ4n) is 1.24. The summed E-state index contributed by atoms with van der Waals surface area (Å²) in [5, 5.41) is 0. The number of nitrogens with zero attached hydrogens (tertiary/aromatic N) is 1. The molecule has 0 aromatic carbocycles. The Labute approximate surface area is 52.1 Å². The van der Waals surface area contributed by atoms with E-state index >= 15 is 0 Å². The monoisotopic (exact) mass is 116 g/mol. The first kappa shape index (κ1) is 4.77. The van der Waals surface area contributed by atoms with E-state index in [1.165, 1.54) is 19.4 Å². The highest BCUT2D eigenvalue weighted by Crippen LogP contribution is 2.12. The van der Waals surface area contributed by atoms with Crippen LogP contribution in [-0.4, -0.2) is 31.1 Å². The Morgan fingerprint density at radius 2 is 2.88 bits per heavy atom. The minimum Gasteiger partial charge on any atom is -0.329 e. The van der Waals surface area contributed by atoms with Gasteiger partial charge in [0.25, 0.3) is 0 Å². The van der Waals surface area contributed by atoms with E-state index in [9.17, 15) is 0 Å². The lowest BCUT2D eigenvalue weighted by molar-refractivity contribution is 0.317. The van der Waals surface area contributed by atoms with E-state index in [1.807, 2.05) is 0 Å². The van der Waals surface area contributed by atoms with Crippen LogP contribution in [0.15, 0.2) is 0 Å². The third-order valence-electron chi connectivity index (χ3n) is 1.91. The zero-order chi connectivity index (χ0) is 6.69. The zero-order valence-corrected chi connectivity index (χ0v) is 5.35. The second-order valence-electron chi connectivity index (χ2n) is 2.48. The molecule has 2 N–H and O–H groups in total. The number of hydrogen-bond donors (Lipinski definition) is 1. The first-order chi connectivity index (χ1) is 4.34. The Morgan fingerprint density at radius 1 is 2.00 bits per heavy atom. The van der Waals surface area contributed by atoms with Gasteiger partial charge in [0.1, 0.15) is 1.41 Å². The van der Waals surface area contributed by atoms with E-state index in [0.29, 0.717) is 6.04 Å². The number of nitrogens with two attached hydrogens (primary N) is 1. The van der Waals surface area contributed by atoms with Gasteiger partial charge < -0.3 is 10.6 Å². The predicted octanol–water partition coefficient (Wildman–Crippen LogP) is 0.0393. The molecule has 1 atom stereocenters. The summed E-state index contributed by atoms with van der Waals surface area (Å²) in [5.41, 5.74) is 2.45. The predicted molar refractivity (Wildman–Crippen MR) is 34.7 cm³/mol. The first-order valence-electron chi connectivity index (χ1n) is 3.69. The number of likely N-dealkylation sites (N-methyl/N-ethyl adjacent to an activating group) is 1. The van der Waals surface area contributed by atoms with Crippen molar-refractivity contribution in [2.75, 3.05) is 20.1 Å². The topological polar surface area (TPSA) is 29.3 Å². The summed E-state index contributed by atoms with van der Waals surface area (Å²) < 4.78 is 6.78. The van der Waals surface area contributed by atoms with Crippen LogP contribution in [0, 0.1) is 0 Å². The quantitative estimate of drug-likeness (QED) is 0.552. The van der Waals surface area contributed by atoms with Crippen LogP contribution in [0.3, 0.4) is 0 Å². The minimum absolute atomic E-state index is 0.613. The normalized spacial score (nSPS) is 33.1. The zero-order valence-electron chi connectivity index (χ0n) is 6.35. The van der Waals surface area contributed by atoms with Gasteiger partial charge in [-0.25, -0.2) is 0 Å². The average Bonchev–Trinajstić information content (AvgIpc) is 2.18. The maximum atomic E-state index is 6.78. The smallest absolute Gasteiger partial charge is 0.118 e. The minimum atomic E-state index is 0.613. The van der Waals surface area contributed by atoms with Crippen LogP contribution < -0.4 is 5.73 Å². The summed E-state index contributed by atoms with van der Waals surface area (Å²) in [6.07, 6.45) is 2.55. The molecule has 0 amide bonds. The number of hydrogen-bond acceptors (Lipinski definition) is 2. The van der Waals surface area contributed by atoms with Crippen LogP contribution >= 0.6 is 0 Å². The van der Waals surface area contributed by atoms with Crippen molar-refractivity contribution >= 4 is 0 Å². The molecule has 48 valence electrons. The van der Waals surface area contributed by atoms with E-state index in [0.717, 1.165) is 6.54 Å². The lowest BCUT2D eigenvalue weighted by Crippen LogP contribution is -2.31. The molecule has 2 heteroatoms. The fraction of sp³-hybridized carbons (Fsp3) is 1.00. The maximum absolute atomic E-state index is 6.78. The highest BCUT2D eigenvalue weighted by molar-refractivity contribution is 4.76. The molecule has 0 radical (unpaired) electrons. The van der Waals surface area contributed by atoms with Crippen molar-refractivity contribution in [1.82, 2.24) is 4.90 Å². The summed E-state index contributed by atoms with van der Waals surface area (Å²) in [4.78, 5) is 2.31. The molecular weight excluding hydrogens is 100 g/mol. The summed E-state index contributed by atoms with van der Waals surface area (Å²) in [6, 6.07) is 0.613. The average molecular weight is 116 g/mol. The van der Waals surface area contributed by atoms with Gasteiger partial charge in [0.05, 0.1) is 0 Å². The van der Waals surface area contributed by atoms with Crippen LogP contribution in [0.1, 0.15) is 12.8 Å². The van der Waals surface area contributed by atoms with Crippen molar-refractivity contribution in [2.45, 2.75) is 18.9 Å². The molecule has 1 saturated heterocycles. The Kier molecular flexibility index (Phi) is 1.47. The van der Waals surface area contributed by atoms with Crippen molar-refractivity contribution in [3.8, 4) is 0 Å². The molecule has 0 aliphatic carbocycles. The molecule has 0 saturated carbocycles. The van der Waals surface area contributed by atoms with Crippen LogP contribution in [0.25, 0.3) is 0 Å². The molecule has 0 spiro atoms. The third-order valence-corrected chi connectivity index (χ3v) is 1.91. The molecule has 0 aromatic heterocycles. The Bertz CT molecular complexity index is 87.1. The summed E-state index contributed by atoms with van der Waals surface area (Å²) in [5.74, 6) is 0. The van der Waals surface area contributed by atoms with Crippen LogP contribution in [0.4, 0.5) is 0 Å². The molecule has 1 fully saturated rings. The van der Waals surface area contributed by atoms with Gasteiger partial charge in [-0.2, -0.15) is 0 Å². The van der Waals surface area contributed by atoms with Gasteiger partial charge in [-0.05, 0) is 26.4 Å². The van der Waals surface area contributed by atoms with Crippen molar-refractivity contribution in [2.24, 2.45) is 5.73 Å². The molecule has 0 bridgehead atoms. The second kappa shape index (κ2) is 2.46. The van der Waals surface area contributed by atoms with Gasteiger partial charge in [-0.1, -0.05) is 0 Å². The molecule has 0 aromatic rings. The molecule has 1 aliphatic heterocycles. The van der Waals surface area contributed by atoms with Crippen LogP contribution in [-0.2, 0) is 0 Å². The van der Waals surface area contributed by atoms with Gasteiger partial charge in [-0.3, -0.25) is 0 Å². The molecule has 8 heavy (non-hydrogen) atoms. The Balaban J connectivity index is 2.22. The van der Waals surface area contributed by atoms with E-state index < -0.39 is 0 Å². The summed E-state index contributed by atoms with van der Waals surface area (Å²) >= 11 is 0.